The molecule has 12 heteroatoms. The number of nitrogens with zero attached hydrogens (tertiary/aromatic N) is 4. The van der Waals surface area contributed by atoms with Crippen LogP contribution in [0.25, 0.3) is 0 Å². The average Bonchev–Trinajstić information content (AvgIpc) is 3.03. The highest BCUT2D eigenvalue weighted by molar-refractivity contribution is 5.93. The first-order valence-corrected chi connectivity index (χ1v) is 7.12. The summed E-state index contributed by atoms with van der Waals surface area (Å²) in [6.45, 7) is 4.38. The van der Waals surface area contributed by atoms with Gasteiger partial charge in [0.25, 0.3) is 0 Å². The maximum Gasteiger partial charge on any atom is 0.437 e. The predicted octanol–water partition coefficient (Wildman–Crippen LogP) is 2.42. The van der Waals surface area contributed by atoms with Gasteiger partial charge in [0.05, 0.1) is 40.7 Å². The van der Waals surface area contributed by atoms with Crippen molar-refractivity contribution in [3.63, 3.8) is 0 Å². The van der Waals surface area contributed by atoms with Crippen LogP contribution in [0.1, 0.15) is 24.0 Å². The predicted molar refractivity (Wildman–Crippen MR) is 79.7 cm³/mol. The lowest BCUT2D eigenvalue weighted by Gasteiger charge is -2.13. The Balaban J connectivity index is 2.14. The molecule has 25 heavy (non-hydrogen) atoms. The van der Waals surface area contributed by atoms with E-state index in [1.807, 2.05) is 0 Å². The Morgan fingerprint density at radius 1 is 1.48 bits per heavy atom. The summed E-state index contributed by atoms with van der Waals surface area (Å²) in [4.78, 5) is 22.2. The fourth-order valence-electron chi connectivity index (χ4n) is 2.14. The lowest BCUT2D eigenvalue weighted by Crippen LogP contribution is -2.26. The van der Waals surface area contributed by atoms with Crippen LogP contribution >= 0.6 is 0 Å². The van der Waals surface area contributed by atoms with Gasteiger partial charge in [0.15, 0.2) is 5.69 Å². The second-order valence-corrected chi connectivity index (χ2v) is 5.54. The molecule has 2 heterocycles. The lowest BCUT2D eigenvalue weighted by atomic mass is 10.1. The normalized spacial score (nSPS) is 12.9. The first-order chi connectivity index (χ1) is 11.5. The van der Waals surface area contributed by atoms with E-state index in [0.717, 1.165) is 0 Å². The van der Waals surface area contributed by atoms with E-state index in [4.69, 9.17) is 0 Å². The number of nitrogens with one attached hydrogen (secondary N) is 2. The zero-order valence-electron chi connectivity index (χ0n) is 13.5. The van der Waals surface area contributed by atoms with Gasteiger partial charge in [-0.25, -0.2) is 0 Å². The summed E-state index contributed by atoms with van der Waals surface area (Å²) >= 11 is 0. The van der Waals surface area contributed by atoms with Crippen LogP contribution in [0.2, 0.25) is 0 Å². The molecule has 0 aromatic carbocycles. The monoisotopic (exact) mass is 360 g/mol. The highest BCUT2D eigenvalue weighted by Crippen LogP contribution is 2.34. The number of hydrogen-bond acceptors (Lipinski definition) is 5. The number of aromatic nitrogens is 4. The Labute approximate surface area is 139 Å². The minimum absolute atomic E-state index is 0.0241. The topological polar surface area (TPSA) is 119 Å². The molecule has 0 saturated heterocycles. The minimum Gasteiger partial charge on any atom is -0.358 e. The van der Waals surface area contributed by atoms with Crippen LogP contribution in [0.3, 0.4) is 0 Å². The molecule has 0 fully saturated rings. The molecule has 1 unspecified atom stereocenters. The third-order valence-corrected chi connectivity index (χ3v) is 3.51. The fourth-order valence-corrected chi connectivity index (χ4v) is 2.14. The summed E-state index contributed by atoms with van der Waals surface area (Å²) in [6.07, 6.45) is -4.71. The van der Waals surface area contributed by atoms with E-state index in [1.54, 1.807) is 6.92 Å². The summed E-state index contributed by atoms with van der Waals surface area (Å²) in [5, 5.41) is 22.0. The number of alkyl halides is 3. The first-order valence-electron chi connectivity index (χ1n) is 7.12. The Kier molecular flexibility index (Phi) is 4.81. The van der Waals surface area contributed by atoms with Gasteiger partial charge in [-0.3, -0.25) is 9.89 Å². The summed E-state index contributed by atoms with van der Waals surface area (Å²) in [6, 6.07) is 1.24. The van der Waals surface area contributed by atoms with Crippen molar-refractivity contribution < 1.29 is 22.9 Å². The van der Waals surface area contributed by atoms with Crippen LogP contribution in [0.4, 0.5) is 24.7 Å². The molecule has 2 N–H and O–H groups in total. The smallest absolute Gasteiger partial charge is 0.358 e. The standard InChI is InChI=1S/C13H15F3N6O3/c1-6(5-21-7(2)4-9(20-21)22(24)25)12(23)17-10-8(3)18-19-11(10)13(14,15)16/h4,6H,5H2,1-3H3,(H,17,23)(H,18,19). The van der Waals surface area contributed by atoms with E-state index in [-0.39, 0.29) is 18.1 Å². The van der Waals surface area contributed by atoms with Crippen molar-refractivity contribution in [2.45, 2.75) is 33.5 Å². The summed E-state index contributed by atoms with van der Waals surface area (Å²) in [7, 11) is 0. The number of rotatable bonds is 5. The van der Waals surface area contributed by atoms with Gasteiger partial charge in [-0.2, -0.15) is 23.0 Å². The summed E-state index contributed by atoms with van der Waals surface area (Å²) in [5.74, 6) is -1.84. The van der Waals surface area contributed by atoms with Crippen molar-refractivity contribution in [1.29, 1.82) is 0 Å². The molecule has 0 aliphatic carbocycles. The number of aromatic amines is 1. The Morgan fingerprint density at radius 2 is 2.12 bits per heavy atom. The number of nitro groups is 1. The molecule has 0 radical (unpaired) electrons. The van der Waals surface area contributed by atoms with Gasteiger partial charge in [-0.1, -0.05) is 6.92 Å². The highest BCUT2D eigenvalue weighted by Gasteiger charge is 2.38. The van der Waals surface area contributed by atoms with Gasteiger partial charge in [0.1, 0.15) is 0 Å². The molecule has 0 saturated carbocycles. The maximum atomic E-state index is 12.9. The number of hydrogen-bond donors (Lipinski definition) is 2. The molecular weight excluding hydrogens is 345 g/mol. The highest BCUT2D eigenvalue weighted by atomic mass is 19.4. The number of H-pyrrole nitrogens is 1. The van der Waals surface area contributed by atoms with Crippen molar-refractivity contribution in [2.75, 3.05) is 5.32 Å². The number of carbonyl (C=O) groups is 1. The molecule has 9 nitrogen and oxygen atoms in total. The Hall–Kier alpha value is -2.92. The van der Waals surface area contributed by atoms with E-state index >= 15 is 0 Å². The van der Waals surface area contributed by atoms with Gasteiger partial charge in [-0.15, -0.1) is 0 Å². The van der Waals surface area contributed by atoms with Gasteiger partial charge in [-0.05, 0) is 18.8 Å². The molecule has 2 rings (SSSR count). The molecule has 1 atom stereocenters. The van der Waals surface area contributed by atoms with Crippen LogP contribution in [-0.2, 0) is 17.5 Å². The van der Waals surface area contributed by atoms with E-state index in [2.05, 4.69) is 20.6 Å². The third-order valence-electron chi connectivity index (χ3n) is 3.51. The van der Waals surface area contributed by atoms with E-state index in [9.17, 15) is 28.1 Å². The molecule has 0 aliphatic heterocycles. The lowest BCUT2D eigenvalue weighted by molar-refractivity contribution is -0.389. The van der Waals surface area contributed by atoms with E-state index in [1.165, 1.54) is 24.6 Å². The molecule has 2 aromatic heterocycles. The Morgan fingerprint density at radius 3 is 2.64 bits per heavy atom. The fraction of sp³-hybridized carbons (Fsp3) is 0.462. The van der Waals surface area contributed by atoms with Gasteiger partial charge in [0, 0.05) is 0 Å². The van der Waals surface area contributed by atoms with Crippen LogP contribution in [0, 0.1) is 29.9 Å². The minimum atomic E-state index is -4.71. The molecule has 136 valence electrons. The Bertz CT molecular complexity index is 811. The van der Waals surface area contributed by atoms with Crippen molar-refractivity contribution in [3.8, 4) is 0 Å². The summed E-state index contributed by atoms with van der Waals surface area (Å²) in [5.41, 5.74) is -1.12. The molecule has 0 bridgehead atoms. The molecule has 0 aliphatic rings. The number of carbonyl (C=O) groups excluding carboxylic acids is 1. The van der Waals surface area contributed by atoms with Gasteiger partial charge in [0.2, 0.25) is 5.91 Å². The van der Waals surface area contributed by atoms with Crippen molar-refractivity contribution in [1.82, 2.24) is 20.0 Å². The SMILES string of the molecule is Cc1[nH]nc(C(F)(F)F)c1NC(=O)C(C)Cn1nc([N+](=O)[O-])cc1C. The maximum absolute atomic E-state index is 12.9. The molecule has 0 spiro atoms. The molecular formula is C13H15F3N6O3. The van der Waals surface area contributed by atoms with Gasteiger partial charge < -0.3 is 15.4 Å². The second-order valence-electron chi connectivity index (χ2n) is 5.54. The number of anilines is 1. The number of amides is 1. The zero-order chi connectivity index (χ0) is 18.9. The van der Waals surface area contributed by atoms with Crippen molar-refractivity contribution in [2.24, 2.45) is 5.92 Å². The summed E-state index contributed by atoms with van der Waals surface area (Å²) < 4.78 is 39.9. The quantitative estimate of drug-likeness (QED) is 0.627. The number of aryl methyl sites for hydroxylation is 2. The average molecular weight is 360 g/mol. The van der Waals surface area contributed by atoms with E-state index < -0.39 is 34.3 Å². The molecule has 1 amide bonds. The van der Waals surface area contributed by atoms with Gasteiger partial charge >= 0.3 is 12.0 Å². The van der Waals surface area contributed by atoms with E-state index in [0.29, 0.717) is 5.69 Å². The van der Waals surface area contributed by atoms with Crippen LogP contribution in [0.5, 0.6) is 0 Å². The largest absolute Gasteiger partial charge is 0.437 e. The zero-order valence-corrected chi connectivity index (χ0v) is 13.5. The van der Waals surface area contributed by atoms with Crippen LogP contribution in [0.15, 0.2) is 6.07 Å². The second kappa shape index (κ2) is 6.53. The third kappa shape index (κ3) is 3.95. The molecule has 2 aromatic rings. The van der Waals surface area contributed by atoms with Crippen molar-refractivity contribution in [3.05, 3.63) is 33.3 Å². The van der Waals surface area contributed by atoms with Crippen LogP contribution in [-0.4, -0.2) is 30.8 Å². The number of halogens is 3. The van der Waals surface area contributed by atoms with Crippen LogP contribution < -0.4 is 5.32 Å². The van der Waals surface area contributed by atoms with Crippen molar-refractivity contribution >= 4 is 17.4 Å². The first kappa shape index (κ1) is 18.4.